The number of nitrogens with one attached hydrogen (secondary N) is 1. The molecule has 0 aromatic heterocycles. The van der Waals surface area contributed by atoms with Crippen LogP contribution in [0.25, 0.3) is 0 Å². The SMILES string of the molecule is CC[C@]1(CC(O)CO)C[C@H](c2cccc(Cl)c2)C(/C(C)=C/C=C(\C)Cl)N(C(CNS(=O)(=O)CC)C2CC2)C1=O. The standard InChI is InChI=1S/C29H42Cl2N2O5S/c1-5-29(15-24(35)18-34)16-25(22-8-7-9-23(31)14-22)27(19(3)10-11-20(4)30)33(28(29)36)26(21-12-13-21)17-32-39(37,38)6-2/h7-11,14,21,24-27,32,34-35H,5-6,12-13,15-18H2,1-4H3/b19-10+,20-11+/t24?,25-,26?,27?,29+/m1/s1. The van der Waals surface area contributed by atoms with E-state index >= 15 is 0 Å². The zero-order valence-corrected chi connectivity index (χ0v) is 25.6. The van der Waals surface area contributed by atoms with Gasteiger partial charge in [-0.05, 0) is 82.6 Å². The number of allylic oxidation sites excluding steroid dienone is 3. The normalized spacial score (nSPS) is 26.6. The number of hydrogen-bond acceptors (Lipinski definition) is 5. The number of piperidine rings is 1. The molecule has 0 radical (unpaired) electrons. The van der Waals surface area contributed by atoms with Gasteiger partial charge in [0.2, 0.25) is 15.9 Å². The van der Waals surface area contributed by atoms with Gasteiger partial charge in [0, 0.05) is 28.6 Å². The van der Waals surface area contributed by atoms with E-state index in [2.05, 4.69) is 4.72 Å². The summed E-state index contributed by atoms with van der Waals surface area (Å²) in [5.74, 6) is -0.193. The molecule has 3 unspecified atom stereocenters. The molecule has 10 heteroatoms. The quantitative estimate of drug-likeness (QED) is 0.277. The third-order valence-electron chi connectivity index (χ3n) is 8.23. The van der Waals surface area contributed by atoms with Gasteiger partial charge >= 0.3 is 0 Å². The Morgan fingerprint density at radius 2 is 1.95 bits per heavy atom. The second kappa shape index (κ2) is 13.5. The number of rotatable bonds is 13. The number of benzene rings is 1. The minimum atomic E-state index is -3.48. The topological polar surface area (TPSA) is 107 Å². The first kappa shape index (κ1) is 32.1. The third-order valence-corrected chi connectivity index (χ3v) is 9.96. The second-order valence-electron chi connectivity index (χ2n) is 11.0. The van der Waals surface area contributed by atoms with Crippen molar-refractivity contribution < 1.29 is 23.4 Å². The molecule has 0 spiro atoms. The number of aliphatic hydroxyl groups excluding tert-OH is 2. The molecule has 39 heavy (non-hydrogen) atoms. The fourth-order valence-corrected chi connectivity index (χ4v) is 6.79. The molecule has 1 aromatic carbocycles. The molecule has 5 atom stereocenters. The summed E-state index contributed by atoms with van der Waals surface area (Å²) in [6.07, 6.45) is 5.50. The lowest BCUT2D eigenvalue weighted by Gasteiger charge is -2.54. The monoisotopic (exact) mass is 600 g/mol. The van der Waals surface area contributed by atoms with E-state index in [1.54, 1.807) is 19.9 Å². The highest BCUT2D eigenvalue weighted by Crippen LogP contribution is 2.52. The Morgan fingerprint density at radius 3 is 2.49 bits per heavy atom. The zero-order chi connectivity index (χ0) is 29.0. The Bertz CT molecular complexity index is 1180. The highest BCUT2D eigenvalue weighted by Gasteiger charge is 2.55. The van der Waals surface area contributed by atoms with E-state index in [4.69, 9.17) is 23.2 Å². The maximum Gasteiger partial charge on any atom is 0.229 e. The summed E-state index contributed by atoms with van der Waals surface area (Å²) >= 11 is 12.6. The molecule has 1 aromatic rings. The lowest BCUT2D eigenvalue weighted by Crippen LogP contribution is -2.63. The van der Waals surface area contributed by atoms with Gasteiger partial charge in [0.05, 0.1) is 29.9 Å². The highest BCUT2D eigenvalue weighted by atomic mass is 35.5. The maximum atomic E-state index is 14.7. The lowest BCUT2D eigenvalue weighted by molar-refractivity contribution is -0.158. The van der Waals surface area contributed by atoms with Crippen LogP contribution in [0.3, 0.4) is 0 Å². The summed E-state index contributed by atoms with van der Waals surface area (Å²) in [6.45, 7) is 6.95. The van der Waals surface area contributed by atoms with Gasteiger partial charge in [0.1, 0.15) is 0 Å². The van der Waals surface area contributed by atoms with Crippen molar-refractivity contribution in [3.8, 4) is 0 Å². The molecule has 3 rings (SSSR count). The molecule has 2 fully saturated rings. The van der Waals surface area contributed by atoms with Crippen molar-refractivity contribution in [3.05, 3.63) is 57.6 Å². The minimum absolute atomic E-state index is 0.0484. The molecular formula is C29H42Cl2N2O5S. The van der Waals surface area contributed by atoms with Crippen LogP contribution in [0.4, 0.5) is 0 Å². The molecule has 1 heterocycles. The van der Waals surface area contributed by atoms with Crippen molar-refractivity contribution in [2.45, 2.75) is 83.9 Å². The predicted octanol–water partition coefficient (Wildman–Crippen LogP) is 4.97. The Kier molecular flexibility index (Phi) is 11.1. The summed E-state index contributed by atoms with van der Waals surface area (Å²) in [5.41, 5.74) is 0.940. The van der Waals surface area contributed by atoms with E-state index in [1.807, 2.05) is 49.1 Å². The van der Waals surface area contributed by atoms with Gasteiger partial charge in [0.15, 0.2) is 0 Å². The molecular weight excluding hydrogens is 559 g/mol. The van der Waals surface area contributed by atoms with Crippen LogP contribution in [0.1, 0.15) is 71.3 Å². The van der Waals surface area contributed by atoms with E-state index in [0.29, 0.717) is 22.9 Å². The number of sulfonamides is 1. The van der Waals surface area contributed by atoms with Crippen molar-refractivity contribution in [3.63, 3.8) is 0 Å². The van der Waals surface area contributed by atoms with Crippen LogP contribution < -0.4 is 4.72 Å². The van der Waals surface area contributed by atoms with Gasteiger partial charge in [-0.2, -0.15) is 0 Å². The molecule has 2 aliphatic rings. The van der Waals surface area contributed by atoms with Crippen molar-refractivity contribution in [2.75, 3.05) is 18.9 Å². The van der Waals surface area contributed by atoms with Crippen LogP contribution in [0, 0.1) is 11.3 Å². The van der Waals surface area contributed by atoms with E-state index in [0.717, 1.165) is 24.0 Å². The molecule has 1 saturated heterocycles. The Morgan fingerprint density at radius 1 is 1.26 bits per heavy atom. The molecule has 1 amide bonds. The zero-order valence-electron chi connectivity index (χ0n) is 23.2. The first-order valence-corrected chi connectivity index (χ1v) is 16.1. The van der Waals surface area contributed by atoms with E-state index in [1.165, 1.54) is 0 Å². The van der Waals surface area contributed by atoms with Crippen molar-refractivity contribution in [1.29, 1.82) is 0 Å². The molecule has 1 aliphatic heterocycles. The average molecular weight is 602 g/mol. The van der Waals surface area contributed by atoms with Gasteiger partial charge in [-0.25, -0.2) is 13.1 Å². The van der Waals surface area contributed by atoms with Crippen LogP contribution >= 0.6 is 23.2 Å². The number of halogens is 2. The smallest absolute Gasteiger partial charge is 0.229 e. The maximum absolute atomic E-state index is 14.7. The molecule has 3 N–H and O–H groups in total. The van der Waals surface area contributed by atoms with Crippen LogP contribution in [0.5, 0.6) is 0 Å². The van der Waals surface area contributed by atoms with Gasteiger partial charge in [-0.1, -0.05) is 53.9 Å². The lowest BCUT2D eigenvalue weighted by atomic mass is 9.64. The summed E-state index contributed by atoms with van der Waals surface area (Å²) in [7, 11) is -3.48. The number of aliphatic hydroxyl groups is 2. The fourth-order valence-electron chi connectivity index (χ4n) is 5.90. The number of likely N-dealkylation sites (tertiary alicyclic amines) is 1. The minimum Gasteiger partial charge on any atom is -0.394 e. The summed E-state index contributed by atoms with van der Waals surface area (Å²) in [4.78, 5) is 16.5. The highest BCUT2D eigenvalue weighted by molar-refractivity contribution is 7.89. The molecule has 1 saturated carbocycles. The van der Waals surface area contributed by atoms with Crippen molar-refractivity contribution in [1.82, 2.24) is 9.62 Å². The summed E-state index contributed by atoms with van der Waals surface area (Å²) in [6, 6.07) is 6.86. The van der Waals surface area contributed by atoms with E-state index in [-0.39, 0.29) is 48.5 Å². The first-order valence-electron chi connectivity index (χ1n) is 13.7. The second-order valence-corrected chi connectivity index (χ2v) is 14.1. The Balaban J connectivity index is 2.24. The average Bonchev–Trinajstić information content (AvgIpc) is 3.74. The predicted molar refractivity (Wildman–Crippen MR) is 157 cm³/mol. The number of nitrogens with zero attached hydrogens (tertiary/aromatic N) is 1. The van der Waals surface area contributed by atoms with Crippen LogP contribution in [-0.2, 0) is 14.8 Å². The largest absolute Gasteiger partial charge is 0.394 e. The summed E-state index contributed by atoms with van der Waals surface area (Å²) < 4.78 is 27.7. The third kappa shape index (κ3) is 7.86. The van der Waals surface area contributed by atoms with Gasteiger partial charge in [-0.3, -0.25) is 4.79 Å². The molecule has 7 nitrogen and oxygen atoms in total. The van der Waals surface area contributed by atoms with Gasteiger partial charge in [-0.15, -0.1) is 0 Å². The number of hydrogen-bond donors (Lipinski definition) is 3. The van der Waals surface area contributed by atoms with Gasteiger partial charge < -0.3 is 15.1 Å². The molecule has 218 valence electrons. The van der Waals surface area contributed by atoms with E-state index < -0.39 is 28.1 Å². The number of amides is 1. The molecule has 0 bridgehead atoms. The number of carbonyl (C=O) groups excluding carboxylic acids is 1. The van der Waals surface area contributed by atoms with Crippen molar-refractivity contribution >= 4 is 39.1 Å². The number of carbonyl (C=O) groups is 1. The Hall–Kier alpha value is -1.42. The Labute approximate surface area is 243 Å². The van der Waals surface area contributed by atoms with Crippen LogP contribution in [0.2, 0.25) is 5.02 Å². The summed E-state index contributed by atoms with van der Waals surface area (Å²) in [5, 5.41) is 21.5. The van der Waals surface area contributed by atoms with Crippen LogP contribution in [0.15, 0.2) is 47.0 Å². The fraction of sp³-hybridized carbons (Fsp3) is 0.621. The van der Waals surface area contributed by atoms with Crippen LogP contribution in [-0.4, -0.2) is 66.5 Å². The van der Waals surface area contributed by atoms with Crippen molar-refractivity contribution in [2.24, 2.45) is 11.3 Å². The van der Waals surface area contributed by atoms with Gasteiger partial charge in [0.25, 0.3) is 0 Å². The first-order chi connectivity index (χ1) is 18.4. The molecule has 1 aliphatic carbocycles. The van der Waals surface area contributed by atoms with E-state index in [9.17, 15) is 23.4 Å².